The first kappa shape index (κ1) is 12.8. The summed E-state index contributed by atoms with van der Waals surface area (Å²) in [6.45, 7) is 6.47. The van der Waals surface area contributed by atoms with Crippen LogP contribution in [0.3, 0.4) is 0 Å². The molecule has 0 aromatic carbocycles. The molecule has 1 atom stereocenters. The average Bonchev–Trinajstić information content (AvgIpc) is 2.03. The molecule has 0 aromatic heterocycles. The summed E-state index contributed by atoms with van der Waals surface area (Å²) in [5.74, 6) is 0. The molecule has 80 valence electrons. The summed E-state index contributed by atoms with van der Waals surface area (Å²) < 4.78 is 5.37. The van der Waals surface area contributed by atoms with Gasteiger partial charge in [-0.25, -0.2) is 0 Å². The van der Waals surface area contributed by atoms with E-state index in [0.717, 1.165) is 6.54 Å². The van der Waals surface area contributed by atoms with Gasteiger partial charge in [0.15, 0.2) is 0 Å². The molecule has 0 rings (SSSR count). The number of aliphatic hydroxyl groups excluding tert-OH is 1. The van der Waals surface area contributed by atoms with E-state index in [-0.39, 0.29) is 6.10 Å². The van der Waals surface area contributed by atoms with Crippen LogP contribution < -0.4 is 5.73 Å². The summed E-state index contributed by atoms with van der Waals surface area (Å²) in [5.41, 5.74) is 5.29. The molecule has 0 aliphatic rings. The zero-order chi connectivity index (χ0) is 10.3. The van der Waals surface area contributed by atoms with E-state index in [1.165, 1.54) is 0 Å². The molecule has 0 aliphatic carbocycles. The smallest absolute Gasteiger partial charge is 0.0789 e. The third-order valence-electron chi connectivity index (χ3n) is 1.72. The molecule has 0 radical (unpaired) electrons. The monoisotopic (exact) mass is 190 g/mol. The Balaban J connectivity index is 3.34. The van der Waals surface area contributed by atoms with Gasteiger partial charge in [-0.2, -0.15) is 0 Å². The molecule has 13 heavy (non-hydrogen) atoms. The molecule has 0 amide bonds. The van der Waals surface area contributed by atoms with Crippen molar-refractivity contribution in [3.63, 3.8) is 0 Å². The van der Waals surface area contributed by atoms with Crippen LogP contribution in [0.2, 0.25) is 0 Å². The molecule has 0 spiro atoms. The minimum absolute atomic E-state index is 0.271. The van der Waals surface area contributed by atoms with E-state index in [1.807, 2.05) is 25.8 Å². The molecule has 1 unspecified atom stereocenters. The van der Waals surface area contributed by atoms with Crippen LogP contribution >= 0.6 is 0 Å². The van der Waals surface area contributed by atoms with Gasteiger partial charge in [0, 0.05) is 19.6 Å². The second kappa shape index (κ2) is 7.26. The van der Waals surface area contributed by atoms with Crippen molar-refractivity contribution in [1.29, 1.82) is 0 Å². The Hall–Kier alpha value is -0.160. The summed E-state index contributed by atoms with van der Waals surface area (Å²) in [6, 6.07) is 0. The predicted molar refractivity (Wildman–Crippen MR) is 53.6 cm³/mol. The van der Waals surface area contributed by atoms with Crippen molar-refractivity contribution in [2.24, 2.45) is 5.73 Å². The molecule has 0 aliphatic heterocycles. The zero-order valence-corrected chi connectivity index (χ0v) is 8.86. The van der Waals surface area contributed by atoms with Crippen molar-refractivity contribution < 1.29 is 9.84 Å². The van der Waals surface area contributed by atoms with E-state index in [1.54, 1.807) is 0 Å². The average molecular weight is 190 g/mol. The summed E-state index contributed by atoms with van der Waals surface area (Å²) in [7, 11) is 1.95. The summed E-state index contributed by atoms with van der Waals surface area (Å²) in [5, 5.41) is 9.23. The molecule has 3 N–H and O–H groups in total. The maximum absolute atomic E-state index is 9.23. The highest BCUT2D eigenvalue weighted by Gasteiger charge is 2.05. The standard InChI is InChI=1S/C9H22N2O2/c1-8(2)13-5-4-11(3)7-9(12)6-10/h8-9,12H,4-7,10H2,1-3H3. The molecular formula is C9H22N2O2. The number of hydrogen-bond donors (Lipinski definition) is 2. The number of rotatable bonds is 7. The Labute approximate surface area is 80.7 Å². The second-order valence-electron chi connectivity index (χ2n) is 3.57. The van der Waals surface area contributed by atoms with Gasteiger partial charge >= 0.3 is 0 Å². The van der Waals surface area contributed by atoms with Crippen molar-refractivity contribution in [1.82, 2.24) is 4.90 Å². The predicted octanol–water partition coefficient (Wildman–Crippen LogP) is -0.337. The fourth-order valence-electron chi connectivity index (χ4n) is 0.970. The van der Waals surface area contributed by atoms with Gasteiger partial charge in [-0.1, -0.05) is 0 Å². The molecule has 0 aromatic rings. The van der Waals surface area contributed by atoms with Crippen LogP contribution in [0.25, 0.3) is 0 Å². The molecule has 0 fully saturated rings. The third-order valence-corrected chi connectivity index (χ3v) is 1.72. The molecule has 0 saturated heterocycles. The van der Waals surface area contributed by atoms with Crippen LogP contribution in [0.4, 0.5) is 0 Å². The Morgan fingerprint density at radius 3 is 2.54 bits per heavy atom. The quantitative estimate of drug-likeness (QED) is 0.577. The van der Waals surface area contributed by atoms with Gasteiger partial charge in [0.1, 0.15) is 0 Å². The van der Waals surface area contributed by atoms with Crippen molar-refractivity contribution in [3.05, 3.63) is 0 Å². The fraction of sp³-hybridized carbons (Fsp3) is 1.00. The topological polar surface area (TPSA) is 58.7 Å². The van der Waals surface area contributed by atoms with Gasteiger partial charge in [-0.15, -0.1) is 0 Å². The lowest BCUT2D eigenvalue weighted by Crippen LogP contribution is -2.36. The van der Waals surface area contributed by atoms with E-state index in [4.69, 9.17) is 10.5 Å². The fourth-order valence-corrected chi connectivity index (χ4v) is 0.970. The number of likely N-dealkylation sites (N-methyl/N-ethyl adjacent to an activating group) is 1. The molecule has 0 saturated carbocycles. The van der Waals surface area contributed by atoms with E-state index >= 15 is 0 Å². The summed E-state index contributed by atoms with van der Waals surface area (Å²) >= 11 is 0. The van der Waals surface area contributed by atoms with Crippen molar-refractivity contribution in [3.8, 4) is 0 Å². The lowest BCUT2D eigenvalue weighted by Gasteiger charge is -2.19. The minimum atomic E-state index is -0.427. The Morgan fingerprint density at radius 1 is 1.46 bits per heavy atom. The Kier molecular flexibility index (Phi) is 7.17. The van der Waals surface area contributed by atoms with Gasteiger partial charge in [0.2, 0.25) is 0 Å². The first-order valence-electron chi connectivity index (χ1n) is 4.74. The number of hydrogen-bond acceptors (Lipinski definition) is 4. The van der Waals surface area contributed by atoms with E-state index in [9.17, 15) is 5.11 Å². The van der Waals surface area contributed by atoms with Gasteiger partial charge in [-0.3, -0.25) is 0 Å². The Morgan fingerprint density at radius 2 is 2.08 bits per heavy atom. The highest BCUT2D eigenvalue weighted by Crippen LogP contribution is 1.91. The first-order chi connectivity index (χ1) is 6.06. The van der Waals surface area contributed by atoms with E-state index in [2.05, 4.69) is 0 Å². The highest BCUT2D eigenvalue weighted by atomic mass is 16.5. The van der Waals surface area contributed by atoms with Gasteiger partial charge < -0.3 is 20.5 Å². The van der Waals surface area contributed by atoms with E-state index in [0.29, 0.717) is 19.7 Å². The molecule has 4 heteroatoms. The van der Waals surface area contributed by atoms with Gasteiger partial charge in [0.25, 0.3) is 0 Å². The number of nitrogens with two attached hydrogens (primary N) is 1. The van der Waals surface area contributed by atoms with Crippen molar-refractivity contribution in [2.45, 2.75) is 26.1 Å². The van der Waals surface area contributed by atoms with E-state index < -0.39 is 6.10 Å². The van der Waals surface area contributed by atoms with Crippen LogP contribution in [0.1, 0.15) is 13.8 Å². The Bertz CT molecular complexity index is 120. The maximum atomic E-state index is 9.23. The molecule has 0 bridgehead atoms. The third kappa shape index (κ3) is 8.18. The van der Waals surface area contributed by atoms with Gasteiger partial charge in [-0.05, 0) is 20.9 Å². The van der Waals surface area contributed by atoms with Gasteiger partial charge in [0.05, 0.1) is 18.8 Å². The van der Waals surface area contributed by atoms with Crippen LogP contribution in [-0.2, 0) is 4.74 Å². The molecule has 4 nitrogen and oxygen atoms in total. The largest absolute Gasteiger partial charge is 0.390 e. The highest BCUT2D eigenvalue weighted by molar-refractivity contribution is 4.61. The maximum Gasteiger partial charge on any atom is 0.0789 e. The SMILES string of the molecule is CC(C)OCCN(C)CC(O)CN. The summed E-state index contributed by atoms with van der Waals surface area (Å²) in [4.78, 5) is 2.01. The lowest BCUT2D eigenvalue weighted by molar-refractivity contribution is 0.0532. The van der Waals surface area contributed by atoms with Crippen LogP contribution in [0.5, 0.6) is 0 Å². The first-order valence-corrected chi connectivity index (χ1v) is 4.74. The number of aliphatic hydroxyl groups is 1. The normalized spacial score (nSPS) is 14.1. The van der Waals surface area contributed by atoms with Crippen molar-refractivity contribution >= 4 is 0 Å². The number of ether oxygens (including phenoxy) is 1. The van der Waals surface area contributed by atoms with Crippen LogP contribution in [-0.4, -0.2) is 55.5 Å². The number of nitrogens with zero attached hydrogens (tertiary/aromatic N) is 1. The lowest BCUT2D eigenvalue weighted by atomic mass is 10.3. The van der Waals surface area contributed by atoms with Crippen LogP contribution in [0, 0.1) is 0 Å². The second-order valence-corrected chi connectivity index (χ2v) is 3.57. The summed E-state index contributed by atoms with van der Waals surface area (Å²) in [6.07, 6.45) is -0.156. The minimum Gasteiger partial charge on any atom is -0.390 e. The van der Waals surface area contributed by atoms with Crippen LogP contribution in [0.15, 0.2) is 0 Å². The zero-order valence-electron chi connectivity index (χ0n) is 8.86. The molecular weight excluding hydrogens is 168 g/mol. The van der Waals surface area contributed by atoms with Crippen molar-refractivity contribution in [2.75, 3.05) is 33.3 Å². The molecule has 0 heterocycles.